The second-order valence-electron chi connectivity index (χ2n) is 2.94. The molecule has 0 fully saturated rings. The molecule has 0 aliphatic heterocycles. The van der Waals surface area contributed by atoms with Gasteiger partial charge in [0.1, 0.15) is 0 Å². The summed E-state index contributed by atoms with van der Waals surface area (Å²) >= 11 is 5.89. The van der Waals surface area contributed by atoms with Crippen LogP contribution in [0.1, 0.15) is 15.9 Å². The first-order valence-electron chi connectivity index (χ1n) is 3.77. The number of ketones is 1. The van der Waals surface area contributed by atoms with E-state index in [0.717, 1.165) is 5.56 Å². The molecule has 0 amide bonds. The first-order valence-corrected chi connectivity index (χ1v) is 4.15. The van der Waals surface area contributed by atoms with Crippen LogP contribution in [0.5, 0.6) is 0 Å². The molecule has 0 spiro atoms. The summed E-state index contributed by atoms with van der Waals surface area (Å²) in [5.41, 5.74) is 7.18. The van der Waals surface area contributed by atoms with E-state index in [2.05, 4.69) is 0 Å². The monoisotopic (exact) mass is 181 g/mol. The molecule has 3 heteroatoms. The van der Waals surface area contributed by atoms with Crippen molar-refractivity contribution in [2.75, 3.05) is 0 Å². The van der Waals surface area contributed by atoms with Crippen molar-refractivity contribution in [2.45, 2.75) is 12.5 Å². The Kier molecular flexibility index (Phi) is 1.67. The fourth-order valence-electron chi connectivity index (χ4n) is 1.51. The van der Waals surface area contributed by atoms with Crippen molar-refractivity contribution in [3.63, 3.8) is 0 Å². The highest BCUT2D eigenvalue weighted by Crippen LogP contribution is 2.27. The molecule has 1 atom stereocenters. The van der Waals surface area contributed by atoms with Crippen molar-refractivity contribution in [1.82, 2.24) is 0 Å². The lowest BCUT2D eigenvalue weighted by Crippen LogP contribution is -2.26. The Bertz CT molecular complexity index is 348. The summed E-state index contributed by atoms with van der Waals surface area (Å²) in [5.74, 6) is 0.00694. The molecule has 12 heavy (non-hydrogen) atoms. The Hall–Kier alpha value is -0.860. The normalized spacial score (nSPS) is 21.2. The first-order chi connectivity index (χ1) is 5.70. The Labute approximate surface area is 75.3 Å². The van der Waals surface area contributed by atoms with E-state index in [1.54, 1.807) is 18.2 Å². The van der Waals surface area contributed by atoms with E-state index in [1.807, 2.05) is 0 Å². The fraction of sp³-hybridized carbons (Fsp3) is 0.222. The van der Waals surface area contributed by atoms with Crippen LogP contribution < -0.4 is 5.73 Å². The molecular formula is C9H8ClNO. The van der Waals surface area contributed by atoms with E-state index in [4.69, 9.17) is 17.3 Å². The van der Waals surface area contributed by atoms with Gasteiger partial charge in [0.2, 0.25) is 0 Å². The maximum Gasteiger partial charge on any atom is 0.180 e. The molecule has 1 aromatic rings. The highest BCUT2D eigenvalue weighted by Gasteiger charge is 2.28. The lowest BCUT2D eigenvalue weighted by molar-refractivity contribution is 0.0974. The molecule has 1 aromatic carbocycles. The second-order valence-corrected chi connectivity index (χ2v) is 3.35. The van der Waals surface area contributed by atoms with Crippen LogP contribution in [0.4, 0.5) is 0 Å². The van der Waals surface area contributed by atoms with Gasteiger partial charge in [-0.1, -0.05) is 23.7 Å². The smallest absolute Gasteiger partial charge is 0.180 e. The Morgan fingerprint density at radius 3 is 2.92 bits per heavy atom. The standard InChI is InChI=1S/C9H8ClNO/c10-7-3-1-2-5-6(7)4-8(11)9(5)12/h1-3,8H,4,11H2/t8-/m0/s1. The number of benzene rings is 1. The predicted octanol–water partition coefficient (Wildman–Crippen LogP) is 1.41. The number of carbonyl (C=O) groups excluding carboxylic acids is 1. The van der Waals surface area contributed by atoms with E-state index in [1.165, 1.54) is 0 Å². The first kappa shape index (κ1) is 7.77. The molecule has 0 unspecified atom stereocenters. The zero-order valence-electron chi connectivity index (χ0n) is 6.38. The number of halogens is 1. The van der Waals surface area contributed by atoms with Gasteiger partial charge in [-0.25, -0.2) is 0 Å². The van der Waals surface area contributed by atoms with Crippen LogP contribution in [0, 0.1) is 0 Å². The molecule has 62 valence electrons. The van der Waals surface area contributed by atoms with Crippen LogP contribution >= 0.6 is 11.6 Å². The summed E-state index contributed by atoms with van der Waals surface area (Å²) < 4.78 is 0. The van der Waals surface area contributed by atoms with Gasteiger partial charge < -0.3 is 5.73 Å². The lowest BCUT2D eigenvalue weighted by Gasteiger charge is -1.97. The van der Waals surface area contributed by atoms with Gasteiger partial charge in [0.15, 0.2) is 5.78 Å². The van der Waals surface area contributed by atoms with E-state index in [-0.39, 0.29) is 11.8 Å². The molecule has 0 radical (unpaired) electrons. The molecule has 0 saturated heterocycles. The molecule has 0 heterocycles. The van der Waals surface area contributed by atoms with Crippen LogP contribution in [-0.2, 0) is 6.42 Å². The van der Waals surface area contributed by atoms with E-state index in [0.29, 0.717) is 17.0 Å². The van der Waals surface area contributed by atoms with Crippen LogP contribution in [0.25, 0.3) is 0 Å². The van der Waals surface area contributed by atoms with Crippen molar-refractivity contribution in [1.29, 1.82) is 0 Å². The zero-order valence-corrected chi connectivity index (χ0v) is 7.14. The van der Waals surface area contributed by atoms with Gasteiger partial charge in [-0.15, -0.1) is 0 Å². The van der Waals surface area contributed by atoms with E-state index in [9.17, 15) is 4.79 Å². The Balaban J connectivity index is 2.61. The van der Waals surface area contributed by atoms with Gasteiger partial charge >= 0.3 is 0 Å². The minimum Gasteiger partial charge on any atom is -0.321 e. The summed E-state index contributed by atoms with van der Waals surface area (Å²) in [6, 6.07) is 4.94. The van der Waals surface area contributed by atoms with Crippen molar-refractivity contribution < 1.29 is 4.79 Å². The van der Waals surface area contributed by atoms with Crippen molar-refractivity contribution >= 4 is 17.4 Å². The average molecular weight is 182 g/mol. The highest BCUT2D eigenvalue weighted by molar-refractivity contribution is 6.32. The quantitative estimate of drug-likeness (QED) is 0.658. The third kappa shape index (κ3) is 0.958. The molecule has 1 aliphatic rings. The maximum atomic E-state index is 11.4. The van der Waals surface area contributed by atoms with Gasteiger partial charge in [-0.05, 0) is 18.1 Å². The van der Waals surface area contributed by atoms with Crippen LogP contribution in [-0.4, -0.2) is 11.8 Å². The SMILES string of the molecule is N[C@H]1Cc2c(Cl)cccc2C1=O. The number of Topliss-reactive ketones (excluding diaryl/α,β-unsaturated/α-hetero) is 1. The molecule has 2 nitrogen and oxygen atoms in total. The summed E-state index contributed by atoms with van der Waals surface area (Å²) in [4.78, 5) is 11.4. The topological polar surface area (TPSA) is 43.1 Å². The zero-order chi connectivity index (χ0) is 8.72. The number of nitrogens with two attached hydrogens (primary N) is 1. The van der Waals surface area contributed by atoms with Gasteiger partial charge in [-0.3, -0.25) is 4.79 Å². The molecule has 2 rings (SSSR count). The summed E-state index contributed by atoms with van der Waals surface area (Å²) in [7, 11) is 0. The van der Waals surface area contributed by atoms with Gasteiger partial charge in [-0.2, -0.15) is 0 Å². The minimum absolute atomic E-state index is 0.00694. The molecular weight excluding hydrogens is 174 g/mol. The number of fused-ring (bicyclic) bond motifs is 1. The van der Waals surface area contributed by atoms with Crippen LogP contribution in [0.2, 0.25) is 5.02 Å². The highest BCUT2D eigenvalue weighted by atomic mass is 35.5. The fourth-order valence-corrected chi connectivity index (χ4v) is 1.76. The van der Waals surface area contributed by atoms with Crippen molar-refractivity contribution in [2.24, 2.45) is 5.73 Å². The molecule has 1 aliphatic carbocycles. The molecule has 0 saturated carbocycles. The summed E-state index contributed by atoms with van der Waals surface area (Å²) in [6.45, 7) is 0. The second kappa shape index (κ2) is 2.57. The summed E-state index contributed by atoms with van der Waals surface area (Å²) in [5, 5.41) is 0.647. The van der Waals surface area contributed by atoms with Crippen LogP contribution in [0.3, 0.4) is 0 Å². The van der Waals surface area contributed by atoms with E-state index >= 15 is 0 Å². The molecule has 0 aromatic heterocycles. The largest absolute Gasteiger partial charge is 0.321 e. The summed E-state index contributed by atoms with van der Waals surface area (Å²) in [6.07, 6.45) is 0.577. The van der Waals surface area contributed by atoms with Gasteiger partial charge in [0, 0.05) is 10.6 Å². The van der Waals surface area contributed by atoms with Crippen molar-refractivity contribution in [3.8, 4) is 0 Å². The molecule has 0 bridgehead atoms. The van der Waals surface area contributed by atoms with Gasteiger partial charge in [0.25, 0.3) is 0 Å². The third-order valence-corrected chi connectivity index (χ3v) is 2.50. The number of rotatable bonds is 0. The van der Waals surface area contributed by atoms with Gasteiger partial charge in [0.05, 0.1) is 6.04 Å². The minimum atomic E-state index is -0.389. The molecule has 2 N–H and O–H groups in total. The Morgan fingerprint density at radius 2 is 2.25 bits per heavy atom. The average Bonchev–Trinajstić information content (AvgIpc) is 2.32. The number of hydrogen-bond acceptors (Lipinski definition) is 2. The van der Waals surface area contributed by atoms with Crippen LogP contribution in [0.15, 0.2) is 18.2 Å². The lowest BCUT2D eigenvalue weighted by atomic mass is 10.1. The third-order valence-electron chi connectivity index (χ3n) is 2.15. The van der Waals surface area contributed by atoms with Crippen molar-refractivity contribution in [3.05, 3.63) is 34.3 Å². The number of carbonyl (C=O) groups is 1. The predicted molar refractivity (Wildman–Crippen MR) is 47.5 cm³/mol. The maximum absolute atomic E-state index is 11.4. The Morgan fingerprint density at radius 1 is 1.50 bits per heavy atom. The number of hydrogen-bond donors (Lipinski definition) is 1. The van der Waals surface area contributed by atoms with E-state index < -0.39 is 0 Å².